The molecule has 1 fully saturated rings. The van der Waals surface area contributed by atoms with Crippen LogP contribution in [0.15, 0.2) is 60.9 Å². The van der Waals surface area contributed by atoms with E-state index in [4.69, 9.17) is 5.11 Å². The van der Waals surface area contributed by atoms with Crippen molar-refractivity contribution in [2.24, 2.45) is 0 Å². The summed E-state index contributed by atoms with van der Waals surface area (Å²) in [6.45, 7) is 2.79. The number of halogens is 1. The summed E-state index contributed by atoms with van der Waals surface area (Å²) in [6.07, 6.45) is 1.47. The number of hydrogen-bond acceptors (Lipinski definition) is 6. The summed E-state index contributed by atoms with van der Waals surface area (Å²) in [5.74, 6) is 0.155. The molecule has 29 heavy (non-hydrogen) atoms. The molecular formula is C21H20FN5O2. The molecule has 0 atom stereocenters. The zero-order valence-electron chi connectivity index (χ0n) is 15.6. The molecule has 1 aliphatic rings. The molecule has 2 aromatic carbocycles. The fourth-order valence-electron chi connectivity index (χ4n) is 3.35. The van der Waals surface area contributed by atoms with Crippen LogP contribution in [-0.4, -0.2) is 47.2 Å². The van der Waals surface area contributed by atoms with Crippen LogP contribution >= 0.6 is 0 Å². The lowest BCUT2D eigenvalue weighted by Gasteiger charge is -2.36. The molecule has 2 heterocycles. The molecule has 2 N–H and O–H groups in total. The van der Waals surface area contributed by atoms with Crippen molar-refractivity contribution < 1.29 is 14.3 Å². The Bertz CT molecular complexity index is 1020. The van der Waals surface area contributed by atoms with Crippen LogP contribution in [0.1, 0.15) is 10.4 Å². The van der Waals surface area contributed by atoms with Crippen molar-refractivity contribution in [1.29, 1.82) is 0 Å². The summed E-state index contributed by atoms with van der Waals surface area (Å²) in [5, 5.41) is 12.2. The third-order valence-corrected chi connectivity index (χ3v) is 4.83. The van der Waals surface area contributed by atoms with Crippen molar-refractivity contribution in [3.05, 3.63) is 72.3 Å². The Balaban J connectivity index is 1.44. The van der Waals surface area contributed by atoms with Crippen LogP contribution in [0.2, 0.25) is 0 Å². The van der Waals surface area contributed by atoms with Gasteiger partial charge in [-0.25, -0.2) is 19.2 Å². The van der Waals surface area contributed by atoms with Gasteiger partial charge in [-0.05, 0) is 30.3 Å². The fraction of sp³-hybridized carbons (Fsp3) is 0.190. The normalized spacial score (nSPS) is 14.0. The molecule has 0 bridgehead atoms. The zero-order valence-corrected chi connectivity index (χ0v) is 15.6. The molecule has 1 aromatic heterocycles. The highest BCUT2D eigenvalue weighted by Crippen LogP contribution is 2.23. The highest BCUT2D eigenvalue weighted by molar-refractivity contribution is 5.89. The second kappa shape index (κ2) is 8.14. The third-order valence-electron chi connectivity index (χ3n) is 4.83. The molecule has 148 valence electrons. The first-order valence-corrected chi connectivity index (χ1v) is 9.27. The summed E-state index contributed by atoms with van der Waals surface area (Å²) < 4.78 is 14.0. The number of anilines is 4. The zero-order chi connectivity index (χ0) is 20.2. The van der Waals surface area contributed by atoms with E-state index >= 15 is 0 Å². The van der Waals surface area contributed by atoms with E-state index in [0.717, 1.165) is 5.82 Å². The van der Waals surface area contributed by atoms with Gasteiger partial charge in [-0.2, -0.15) is 0 Å². The number of benzene rings is 2. The van der Waals surface area contributed by atoms with Gasteiger partial charge in [0, 0.05) is 37.9 Å². The molecule has 8 heteroatoms. The van der Waals surface area contributed by atoms with E-state index in [0.29, 0.717) is 43.4 Å². The summed E-state index contributed by atoms with van der Waals surface area (Å²) >= 11 is 0. The summed E-state index contributed by atoms with van der Waals surface area (Å²) in [5.41, 5.74) is 1.46. The average Bonchev–Trinajstić information content (AvgIpc) is 2.75. The van der Waals surface area contributed by atoms with Crippen molar-refractivity contribution in [2.75, 3.05) is 41.3 Å². The standard InChI is InChI=1S/C21H20FN5O2/c22-17-6-1-2-7-18(17)26-8-10-27(11-9-26)20-13-19(23-14-24-20)25-16-5-3-4-15(12-16)21(28)29/h1-7,12-14H,8-11H2,(H,28,29)(H,23,24,25). The number of aromatic nitrogens is 2. The second-order valence-corrected chi connectivity index (χ2v) is 6.70. The van der Waals surface area contributed by atoms with Gasteiger partial charge < -0.3 is 20.2 Å². The van der Waals surface area contributed by atoms with Gasteiger partial charge in [0.05, 0.1) is 11.3 Å². The van der Waals surface area contributed by atoms with Crippen molar-refractivity contribution >= 4 is 29.0 Å². The molecular weight excluding hydrogens is 373 g/mol. The Kier molecular flexibility index (Phi) is 5.24. The minimum atomic E-state index is -0.982. The molecule has 7 nitrogen and oxygen atoms in total. The first-order chi connectivity index (χ1) is 14.1. The maximum absolute atomic E-state index is 14.0. The largest absolute Gasteiger partial charge is 0.478 e. The number of carboxylic acid groups (broad SMARTS) is 1. The molecule has 0 spiro atoms. The van der Waals surface area contributed by atoms with Crippen LogP contribution in [0.5, 0.6) is 0 Å². The molecule has 0 unspecified atom stereocenters. The predicted molar refractivity (Wildman–Crippen MR) is 110 cm³/mol. The first-order valence-electron chi connectivity index (χ1n) is 9.27. The van der Waals surface area contributed by atoms with E-state index in [1.807, 2.05) is 17.0 Å². The van der Waals surface area contributed by atoms with E-state index < -0.39 is 5.97 Å². The second-order valence-electron chi connectivity index (χ2n) is 6.70. The topological polar surface area (TPSA) is 81.6 Å². The number of carbonyl (C=O) groups is 1. The maximum Gasteiger partial charge on any atom is 0.335 e. The number of carboxylic acids is 1. The monoisotopic (exact) mass is 393 g/mol. The molecule has 0 radical (unpaired) electrons. The number of aromatic carboxylic acids is 1. The number of piperazine rings is 1. The first kappa shape index (κ1) is 18.7. The molecule has 1 aliphatic heterocycles. The van der Waals surface area contributed by atoms with Crippen LogP contribution in [0.3, 0.4) is 0 Å². The Hall–Kier alpha value is -3.68. The Labute approximate surface area is 167 Å². The van der Waals surface area contributed by atoms with Gasteiger partial charge >= 0.3 is 5.97 Å². The minimum absolute atomic E-state index is 0.202. The molecule has 0 saturated carbocycles. The highest BCUT2D eigenvalue weighted by Gasteiger charge is 2.20. The van der Waals surface area contributed by atoms with Crippen LogP contribution < -0.4 is 15.1 Å². The van der Waals surface area contributed by atoms with Gasteiger partial charge in [0.25, 0.3) is 0 Å². The number of rotatable bonds is 5. The van der Waals surface area contributed by atoms with Gasteiger partial charge in [-0.1, -0.05) is 18.2 Å². The minimum Gasteiger partial charge on any atom is -0.478 e. The van der Waals surface area contributed by atoms with Gasteiger partial charge in [-0.3, -0.25) is 0 Å². The van der Waals surface area contributed by atoms with Crippen molar-refractivity contribution in [1.82, 2.24) is 9.97 Å². The smallest absolute Gasteiger partial charge is 0.335 e. The quantitative estimate of drug-likeness (QED) is 0.688. The Morgan fingerprint density at radius 2 is 1.72 bits per heavy atom. The van der Waals surface area contributed by atoms with Gasteiger partial charge in [0.15, 0.2) is 0 Å². The van der Waals surface area contributed by atoms with Crippen LogP contribution in [0.25, 0.3) is 0 Å². The van der Waals surface area contributed by atoms with E-state index in [-0.39, 0.29) is 11.4 Å². The fourth-order valence-corrected chi connectivity index (χ4v) is 3.35. The Morgan fingerprint density at radius 3 is 2.48 bits per heavy atom. The van der Waals surface area contributed by atoms with E-state index in [9.17, 15) is 9.18 Å². The Morgan fingerprint density at radius 1 is 0.966 bits per heavy atom. The van der Waals surface area contributed by atoms with Crippen molar-refractivity contribution in [2.45, 2.75) is 0 Å². The number of nitrogens with zero attached hydrogens (tertiary/aromatic N) is 4. The van der Waals surface area contributed by atoms with Crippen molar-refractivity contribution in [3.63, 3.8) is 0 Å². The van der Waals surface area contributed by atoms with Crippen LogP contribution in [-0.2, 0) is 0 Å². The van der Waals surface area contributed by atoms with E-state index in [1.54, 1.807) is 30.3 Å². The number of hydrogen-bond donors (Lipinski definition) is 2. The molecule has 1 saturated heterocycles. The summed E-state index contributed by atoms with van der Waals surface area (Å²) in [4.78, 5) is 23.9. The molecule has 3 aromatic rings. The maximum atomic E-state index is 14.0. The van der Waals surface area contributed by atoms with Crippen molar-refractivity contribution in [3.8, 4) is 0 Å². The lowest BCUT2D eigenvalue weighted by Crippen LogP contribution is -2.47. The molecule has 4 rings (SSSR count). The summed E-state index contributed by atoms with van der Waals surface area (Å²) in [6, 6.07) is 15.2. The summed E-state index contributed by atoms with van der Waals surface area (Å²) in [7, 11) is 0. The predicted octanol–water partition coefficient (Wildman–Crippen LogP) is 3.38. The highest BCUT2D eigenvalue weighted by atomic mass is 19.1. The van der Waals surface area contributed by atoms with E-state index in [2.05, 4.69) is 20.2 Å². The average molecular weight is 393 g/mol. The van der Waals surface area contributed by atoms with Gasteiger partial charge in [-0.15, -0.1) is 0 Å². The van der Waals surface area contributed by atoms with Gasteiger partial charge in [0.2, 0.25) is 0 Å². The molecule has 0 amide bonds. The molecule has 0 aliphatic carbocycles. The van der Waals surface area contributed by atoms with Gasteiger partial charge in [0.1, 0.15) is 23.8 Å². The van der Waals surface area contributed by atoms with Crippen LogP contribution in [0, 0.1) is 5.82 Å². The van der Waals surface area contributed by atoms with E-state index in [1.165, 1.54) is 18.5 Å². The third kappa shape index (κ3) is 4.26. The number of para-hydroxylation sites is 1. The lowest BCUT2D eigenvalue weighted by molar-refractivity contribution is 0.0697. The number of nitrogens with one attached hydrogen (secondary N) is 1. The SMILES string of the molecule is O=C(O)c1cccc(Nc2cc(N3CCN(c4ccccc4F)CC3)ncn2)c1. The van der Waals surface area contributed by atoms with Crippen LogP contribution in [0.4, 0.5) is 27.4 Å². The lowest BCUT2D eigenvalue weighted by atomic mass is 10.2.